The van der Waals surface area contributed by atoms with Crippen molar-refractivity contribution in [3.05, 3.63) is 67.0 Å². The molecule has 2 aromatic rings. The first-order chi connectivity index (χ1) is 16.0. The number of hydrogen-bond donors (Lipinski definition) is 3. The van der Waals surface area contributed by atoms with Gasteiger partial charge in [0.15, 0.2) is 0 Å². The lowest BCUT2D eigenvalue weighted by atomic mass is 10.2. The fourth-order valence-electron chi connectivity index (χ4n) is 3.15. The molecule has 15 heteroatoms. The monoisotopic (exact) mass is 498 g/mol. The quantitative estimate of drug-likeness (QED) is 0.245. The number of rotatable bonds is 10. The Morgan fingerprint density at radius 2 is 2.06 bits per heavy atom. The molecule has 1 aliphatic rings. The number of non-ortho nitro benzene ring substituents is 1. The highest BCUT2D eigenvalue weighted by atomic mass is 31.2. The minimum atomic E-state index is -4.25. The summed E-state index contributed by atoms with van der Waals surface area (Å²) in [6, 6.07) is 3.37. The smallest absolute Gasteiger partial charge is 0.459 e. The van der Waals surface area contributed by atoms with Crippen molar-refractivity contribution in [2.75, 3.05) is 6.61 Å². The number of nitro benzene ring substituents is 1. The predicted molar refractivity (Wildman–Crippen MR) is 117 cm³/mol. The number of aliphatic carboxylic acids is 1. The first-order valence-electron chi connectivity index (χ1n) is 10.1. The molecule has 0 bridgehead atoms. The summed E-state index contributed by atoms with van der Waals surface area (Å²) in [5.41, 5.74) is -1.02. The van der Waals surface area contributed by atoms with Gasteiger partial charge in [-0.25, -0.2) is 9.36 Å². The highest BCUT2D eigenvalue weighted by molar-refractivity contribution is 7.52. The van der Waals surface area contributed by atoms with Gasteiger partial charge in [-0.1, -0.05) is 0 Å². The van der Waals surface area contributed by atoms with Crippen LogP contribution in [0.15, 0.2) is 40.1 Å². The molecule has 2 heterocycles. The number of H-pyrrole nitrogens is 1. The third-order valence-electron chi connectivity index (χ3n) is 4.97. The summed E-state index contributed by atoms with van der Waals surface area (Å²) in [6.45, 7) is 2.52. The lowest BCUT2D eigenvalue weighted by molar-refractivity contribution is -0.384. The van der Waals surface area contributed by atoms with Gasteiger partial charge in [-0.3, -0.25) is 33.8 Å². The molecular weight excluding hydrogens is 475 g/mol. The number of aromatic nitrogens is 2. The topological polar surface area (TPSA) is 192 Å². The van der Waals surface area contributed by atoms with Crippen LogP contribution in [0.4, 0.5) is 5.69 Å². The number of nitro groups is 1. The van der Waals surface area contributed by atoms with Crippen LogP contribution >= 0.6 is 7.75 Å². The molecule has 1 fully saturated rings. The van der Waals surface area contributed by atoms with Gasteiger partial charge in [-0.2, -0.15) is 5.09 Å². The third kappa shape index (κ3) is 6.17. The molecule has 0 aliphatic carbocycles. The molecule has 0 saturated carbocycles. The summed E-state index contributed by atoms with van der Waals surface area (Å²) in [5.74, 6) is -1.35. The number of carboxylic acids is 1. The summed E-state index contributed by atoms with van der Waals surface area (Å²) in [6.07, 6.45) is 0.915. The Morgan fingerprint density at radius 3 is 2.68 bits per heavy atom. The fourth-order valence-corrected chi connectivity index (χ4v) is 4.67. The van der Waals surface area contributed by atoms with E-state index in [0.717, 1.165) is 12.1 Å². The molecule has 3 N–H and O–H groups in total. The molecule has 0 spiro atoms. The lowest BCUT2D eigenvalue weighted by Crippen LogP contribution is -2.34. The fraction of sp³-hybridized carbons (Fsp3) is 0.421. The molecule has 1 aliphatic heterocycles. The number of nitrogens with one attached hydrogen (secondary N) is 2. The van der Waals surface area contributed by atoms with Gasteiger partial charge in [0.2, 0.25) is 0 Å². The van der Waals surface area contributed by atoms with Crippen molar-refractivity contribution in [3.63, 3.8) is 0 Å². The van der Waals surface area contributed by atoms with Crippen LogP contribution in [0.2, 0.25) is 0 Å². The lowest BCUT2D eigenvalue weighted by Gasteiger charge is -2.23. The summed E-state index contributed by atoms with van der Waals surface area (Å²) in [4.78, 5) is 47.3. The Morgan fingerprint density at radius 1 is 1.38 bits per heavy atom. The molecule has 3 rings (SSSR count). The SMILES string of the molecule is Cc1cn([C@H]2CC[C@@H](COP(=O)(NC(C)C(=O)O)Oc3ccc([N+](=O)[O-])cc3)O2)c(=O)[nH]c1=O. The maximum atomic E-state index is 13.3. The average Bonchev–Trinajstić information content (AvgIpc) is 3.24. The van der Waals surface area contributed by atoms with E-state index in [9.17, 15) is 29.1 Å². The van der Waals surface area contributed by atoms with Crippen LogP contribution in [0.25, 0.3) is 0 Å². The minimum Gasteiger partial charge on any atom is -0.480 e. The van der Waals surface area contributed by atoms with E-state index in [-0.39, 0.29) is 18.0 Å². The van der Waals surface area contributed by atoms with Crippen LogP contribution in [0, 0.1) is 17.0 Å². The molecule has 1 aromatic heterocycles. The minimum absolute atomic E-state index is 0.0421. The van der Waals surface area contributed by atoms with E-state index in [1.165, 1.54) is 29.8 Å². The number of aromatic amines is 1. The van der Waals surface area contributed by atoms with Crippen molar-refractivity contribution >= 4 is 19.4 Å². The normalized spacial score (nSPS) is 20.4. The van der Waals surface area contributed by atoms with Crippen molar-refractivity contribution in [2.24, 2.45) is 0 Å². The molecule has 4 atom stereocenters. The maximum Gasteiger partial charge on any atom is 0.459 e. The Hall–Kier alpha value is -3.32. The number of hydrogen-bond acceptors (Lipinski definition) is 9. The number of benzene rings is 1. The molecular formula is C19H23N4O10P. The first-order valence-corrected chi connectivity index (χ1v) is 11.7. The predicted octanol–water partition coefficient (Wildman–Crippen LogP) is 1.70. The second kappa shape index (κ2) is 10.3. The van der Waals surface area contributed by atoms with E-state index in [1.807, 2.05) is 0 Å². The molecule has 1 saturated heterocycles. The molecule has 0 amide bonds. The first kappa shape index (κ1) is 25.3. The van der Waals surface area contributed by atoms with Crippen LogP contribution in [-0.2, 0) is 18.6 Å². The van der Waals surface area contributed by atoms with E-state index in [0.29, 0.717) is 18.4 Å². The zero-order valence-corrected chi connectivity index (χ0v) is 19.1. The van der Waals surface area contributed by atoms with E-state index in [1.54, 1.807) is 6.92 Å². The van der Waals surface area contributed by atoms with Crippen molar-refractivity contribution in [1.82, 2.24) is 14.6 Å². The second-order valence-electron chi connectivity index (χ2n) is 7.59. The highest BCUT2D eigenvalue weighted by Crippen LogP contribution is 2.46. The Bertz CT molecular complexity index is 1220. The van der Waals surface area contributed by atoms with Crippen LogP contribution in [0.3, 0.4) is 0 Å². The Labute approximate surface area is 192 Å². The molecule has 2 unspecified atom stereocenters. The van der Waals surface area contributed by atoms with E-state index < -0.39 is 48.3 Å². The third-order valence-corrected chi connectivity index (χ3v) is 6.61. The number of carbonyl (C=O) groups is 1. The van der Waals surface area contributed by atoms with E-state index in [2.05, 4.69) is 10.1 Å². The van der Waals surface area contributed by atoms with Crippen molar-refractivity contribution in [1.29, 1.82) is 0 Å². The van der Waals surface area contributed by atoms with Crippen LogP contribution in [-0.4, -0.2) is 44.3 Å². The Kier molecular flexibility index (Phi) is 7.67. The van der Waals surface area contributed by atoms with Crippen LogP contribution in [0.1, 0.15) is 31.6 Å². The van der Waals surface area contributed by atoms with Gasteiger partial charge in [-0.05, 0) is 38.8 Å². The van der Waals surface area contributed by atoms with Gasteiger partial charge in [0.05, 0.1) is 17.6 Å². The Balaban J connectivity index is 1.70. The van der Waals surface area contributed by atoms with Gasteiger partial charge in [0.25, 0.3) is 11.2 Å². The summed E-state index contributed by atoms with van der Waals surface area (Å²) >= 11 is 0. The molecule has 0 radical (unpaired) electrons. The standard InChI is InChI=1S/C19H23N4O10P/c1-11-9-22(19(27)20-17(11)24)16-8-7-15(32-16)10-31-34(30,21-12(2)18(25)26)33-14-5-3-13(4-6-14)23(28)29/h3-6,9,12,15-16H,7-8,10H2,1-2H3,(H,21,30)(H,25,26)(H,20,24,27)/t12?,15-,16+,34?/m0/s1. The summed E-state index contributed by atoms with van der Waals surface area (Å²) in [5, 5.41) is 22.3. The zero-order valence-electron chi connectivity index (χ0n) is 18.2. The van der Waals surface area contributed by atoms with Gasteiger partial charge in [0, 0.05) is 23.9 Å². The zero-order chi connectivity index (χ0) is 25.0. The van der Waals surface area contributed by atoms with Gasteiger partial charge in [0.1, 0.15) is 18.0 Å². The van der Waals surface area contributed by atoms with E-state index in [4.69, 9.17) is 18.9 Å². The van der Waals surface area contributed by atoms with Crippen LogP contribution < -0.4 is 20.9 Å². The van der Waals surface area contributed by atoms with Crippen molar-refractivity contribution in [2.45, 2.75) is 45.1 Å². The maximum absolute atomic E-state index is 13.3. The van der Waals surface area contributed by atoms with E-state index >= 15 is 0 Å². The number of aryl methyl sites for hydroxylation is 1. The van der Waals surface area contributed by atoms with Crippen molar-refractivity contribution < 1.29 is 33.2 Å². The van der Waals surface area contributed by atoms with Crippen molar-refractivity contribution in [3.8, 4) is 5.75 Å². The average molecular weight is 498 g/mol. The van der Waals surface area contributed by atoms with Gasteiger partial charge >= 0.3 is 19.4 Å². The highest BCUT2D eigenvalue weighted by Gasteiger charge is 2.35. The summed E-state index contributed by atoms with van der Waals surface area (Å²) in [7, 11) is -4.25. The van der Waals surface area contributed by atoms with Gasteiger partial charge in [-0.15, -0.1) is 0 Å². The molecule has 1 aromatic carbocycles. The molecule has 184 valence electrons. The molecule has 14 nitrogen and oxygen atoms in total. The molecule has 34 heavy (non-hydrogen) atoms. The van der Waals surface area contributed by atoms with Gasteiger partial charge < -0.3 is 14.4 Å². The number of ether oxygens (including phenoxy) is 1. The van der Waals surface area contributed by atoms with Crippen LogP contribution in [0.5, 0.6) is 5.75 Å². The second-order valence-corrected chi connectivity index (χ2v) is 9.29. The number of nitrogens with zero attached hydrogens (tertiary/aromatic N) is 2. The summed E-state index contributed by atoms with van der Waals surface area (Å²) < 4.78 is 31.1. The largest absolute Gasteiger partial charge is 0.480 e. The number of carboxylic acid groups (broad SMARTS) is 1.